The van der Waals surface area contributed by atoms with Crippen LogP contribution < -0.4 is 0 Å². The summed E-state index contributed by atoms with van der Waals surface area (Å²) in [5, 5.41) is 4.68. The lowest BCUT2D eigenvalue weighted by molar-refractivity contribution is 0.365. The zero-order valence-electron chi connectivity index (χ0n) is 32.1. The average Bonchev–Trinajstić information content (AvgIpc) is 3.01. The van der Waals surface area contributed by atoms with Crippen LogP contribution in [0.2, 0.25) is 0 Å². The van der Waals surface area contributed by atoms with Gasteiger partial charge in [-0.05, 0) is 100 Å². The van der Waals surface area contributed by atoms with E-state index < -0.39 is 13.0 Å². The van der Waals surface area contributed by atoms with Crippen molar-refractivity contribution in [3.63, 3.8) is 0 Å². The molecular formula is C42H51ClN2. The molecule has 0 N–H and O–H groups in total. The zero-order valence-corrected chi connectivity index (χ0v) is 28.9. The molecule has 0 unspecified atom stereocenters. The summed E-state index contributed by atoms with van der Waals surface area (Å²) >= 11 is 0. The molecular weight excluding hydrogens is 568 g/mol. The van der Waals surface area contributed by atoms with Crippen molar-refractivity contribution in [3.8, 4) is 23.7 Å². The van der Waals surface area contributed by atoms with Gasteiger partial charge in [-0.3, -0.25) is 9.80 Å². The molecule has 0 spiro atoms. The molecule has 45 heavy (non-hydrogen) atoms. The Morgan fingerprint density at radius 1 is 0.578 bits per heavy atom. The molecule has 0 amide bonds. The molecule has 2 nitrogen and oxygen atoms in total. The van der Waals surface area contributed by atoms with Crippen LogP contribution >= 0.6 is 12.4 Å². The van der Waals surface area contributed by atoms with Crippen LogP contribution in [0.15, 0.2) is 109 Å². The molecule has 4 aromatic carbocycles. The van der Waals surface area contributed by atoms with Gasteiger partial charge in [0.2, 0.25) is 0 Å². The Bertz CT molecular complexity index is 1710. The molecule has 0 heterocycles. The maximum atomic E-state index is 8.26. The lowest BCUT2D eigenvalue weighted by Gasteiger charge is -2.15. The number of rotatable bonds is 8. The van der Waals surface area contributed by atoms with Crippen molar-refractivity contribution in [1.82, 2.24) is 9.80 Å². The predicted octanol–water partition coefficient (Wildman–Crippen LogP) is 10.2. The van der Waals surface area contributed by atoms with E-state index in [0.717, 1.165) is 11.1 Å². The van der Waals surface area contributed by atoms with Crippen molar-refractivity contribution < 1.29 is 5.48 Å². The average molecular weight is 623 g/mol. The SMILES string of the molecule is Cl.[2H]C([2H])(/C=C/C#CC(C)(C)C)N(C)Cc1cccc2ccccc12.[2H]C([2H])(/C=C/C#CC(C)(C)C)N(C)Cc1cccc2ccccc12. The largest absolute Gasteiger partial charge is 0.298 e. The minimum Gasteiger partial charge on any atom is -0.298 e. The van der Waals surface area contributed by atoms with Crippen molar-refractivity contribution in [2.24, 2.45) is 10.8 Å². The van der Waals surface area contributed by atoms with E-state index in [1.165, 1.54) is 33.7 Å². The highest BCUT2D eigenvalue weighted by Crippen LogP contribution is 2.20. The number of hydrogen-bond donors (Lipinski definition) is 0. The monoisotopic (exact) mass is 622 g/mol. The lowest BCUT2D eigenvalue weighted by Crippen LogP contribution is -2.17. The first-order chi connectivity index (χ1) is 22.4. The van der Waals surface area contributed by atoms with Crippen molar-refractivity contribution in [1.29, 1.82) is 0 Å². The standard InChI is InChI=1S/2C21H25N.ClH/c2*1-21(2,3)15-8-5-9-16-22(4)17-19-13-10-12-18-11-6-7-14-20(18)19;/h2*5-7,9-14H,16-17H2,1-4H3;1H/b2*9-5+;/i2*16D2;. The van der Waals surface area contributed by atoms with Gasteiger partial charge in [-0.1, -0.05) is 121 Å². The molecule has 0 saturated heterocycles. The van der Waals surface area contributed by atoms with Gasteiger partial charge in [0.25, 0.3) is 0 Å². The first kappa shape index (κ1) is 31.2. The molecule has 4 aromatic rings. The summed E-state index contributed by atoms with van der Waals surface area (Å²) in [5.41, 5.74) is 2.08. The Balaban J connectivity index is 0.000000333. The second kappa shape index (κ2) is 18.2. The van der Waals surface area contributed by atoms with Crippen LogP contribution in [0.4, 0.5) is 0 Å². The van der Waals surface area contributed by atoms with Gasteiger partial charge >= 0.3 is 0 Å². The van der Waals surface area contributed by atoms with E-state index in [1.54, 1.807) is 36.0 Å². The van der Waals surface area contributed by atoms with E-state index in [1.807, 2.05) is 77.9 Å². The van der Waals surface area contributed by atoms with Crippen LogP contribution in [0.25, 0.3) is 21.5 Å². The number of benzene rings is 4. The van der Waals surface area contributed by atoms with Crippen molar-refractivity contribution >= 4 is 34.0 Å². The second-order valence-corrected chi connectivity index (χ2v) is 13.0. The van der Waals surface area contributed by atoms with Crippen molar-refractivity contribution in [2.45, 2.75) is 54.6 Å². The van der Waals surface area contributed by atoms with E-state index in [2.05, 4.69) is 72.2 Å². The van der Waals surface area contributed by atoms with Crippen LogP contribution in [0.1, 0.15) is 58.2 Å². The van der Waals surface area contributed by atoms with Gasteiger partial charge in [0.15, 0.2) is 0 Å². The summed E-state index contributed by atoms with van der Waals surface area (Å²) in [4.78, 5) is 3.40. The third-order valence-electron chi connectivity index (χ3n) is 6.39. The van der Waals surface area contributed by atoms with Gasteiger partial charge in [0, 0.05) is 42.4 Å². The fraction of sp³-hybridized carbons (Fsp3) is 0.333. The molecule has 0 atom stereocenters. The van der Waals surface area contributed by atoms with Gasteiger partial charge in [-0.25, -0.2) is 0 Å². The van der Waals surface area contributed by atoms with E-state index >= 15 is 0 Å². The third kappa shape index (κ3) is 14.2. The molecule has 0 aliphatic carbocycles. The Morgan fingerprint density at radius 3 is 1.31 bits per heavy atom. The Labute approximate surface area is 285 Å². The summed E-state index contributed by atoms with van der Waals surface area (Å²) in [5.74, 6) is 12.0. The minimum atomic E-state index is -1.55. The summed E-state index contributed by atoms with van der Waals surface area (Å²) in [6.07, 6.45) is 6.28. The molecule has 3 heteroatoms. The van der Waals surface area contributed by atoms with Gasteiger partial charge in [0.05, 0.1) is 0 Å². The third-order valence-corrected chi connectivity index (χ3v) is 6.39. The van der Waals surface area contributed by atoms with E-state index in [9.17, 15) is 0 Å². The molecule has 0 aromatic heterocycles. The van der Waals surface area contributed by atoms with E-state index in [0.29, 0.717) is 13.1 Å². The van der Waals surface area contributed by atoms with Gasteiger partial charge in [0.1, 0.15) is 0 Å². The topological polar surface area (TPSA) is 6.48 Å². The van der Waals surface area contributed by atoms with Crippen LogP contribution in [0, 0.1) is 34.5 Å². The molecule has 0 aliphatic rings. The number of likely N-dealkylation sites (N-methyl/N-ethyl adjacent to an activating group) is 2. The Hall–Kier alpha value is -3.79. The fourth-order valence-electron chi connectivity index (χ4n) is 4.39. The molecule has 0 aliphatic heterocycles. The quantitative estimate of drug-likeness (QED) is 0.180. The molecule has 0 fully saturated rings. The molecule has 0 radical (unpaired) electrons. The smallest absolute Gasteiger partial charge is 0.0475 e. The Kier molecular flexibility index (Phi) is 12.7. The molecule has 4 rings (SSSR count). The number of halogens is 1. The molecule has 236 valence electrons. The second-order valence-electron chi connectivity index (χ2n) is 13.0. The molecule has 0 saturated carbocycles. The van der Waals surface area contributed by atoms with Crippen molar-refractivity contribution in [3.05, 3.63) is 120 Å². The highest BCUT2D eigenvalue weighted by atomic mass is 35.5. The zero-order chi connectivity index (χ0) is 35.6. The highest BCUT2D eigenvalue weighted by Gasteiger charge is 2.05. The van der Waals surface area contributed by atoms with Crippen molar-refractivity contribution in [2.75, 3.05) is 27.1 Å². The Morgan fingerprint density at radius 2 is 0.933 bits per heavy atom. The normalized spacial score (nSPS) is 13.6. The fourth-order valence-corrected chi connectivity index (χ4v) is 4.39. The highest BCUT2D eigenvalue weighted by molar-refractivity contribution is 5.86. The van der Waals surface area contributed by atoms with E-state index in [4.69, 9.17) is 5.48 Å². The summed E-state index contributed by atoms with van der Waals surface area (Å²) < 4.78 is 33.0. The number of nitrogens with zero attached hydrogens (tertiary/aromatic N) is 2. The van der Waals surface area contributed by atoms with E-state index in [-0.39, 0.29) is 23.2 Å². The predicted molar refractivity (Wildman–Crippen MR) is 201 cm³/mol. The first-order valence-electron chi connectivity index (χ1n) is 17.1. The van der Waals surface area contributed by atoms with Crippen LogP contribution in [-0.4, -0.2) is 36.9 Å². The van der Waals surface area contributed by atoms with Crippen LogP contribution in [0.3, 0.4) is 0 Å². The first-order valence-corrected chi connectivity index (χ1v) is 15.1. The maximum absolute atomic E-state index is 8.26. The number of allylic oxidation sites excluding steroid dienone is 2. The molecule has 0 bridgehead atoms. The van der Waals surface area contributed by atoms with Crippen LogP contribution in [-0.2, 0) is 13.1 Å². The lowest BCUT2D eigenvalue weighted by atomic mass is 9.98. The minimum absolute atomic E-state index is 0. The summed E-state index contributed by atoms with van der Waals surface area (Å²) in [6.45, 7) is 10.2. The van der Waals surface area contributed by atoms with Gasteiger partial charge in [-0.2, -0.15) is 0 Å². The number of hydrogen-bond acceptors (Lipinski definition) is 2. The van der Waals surface area contributed by atoms with Crippen LogP contribution in [0.5, 0.6) is 0 Å². The van der Waals surface area contributed by atoms with Gasteiger partial charge < -0.3 is 0 Å². The van der Waals surface area contributed by atoms with Gasteiger partial charge in [-0.15, -0.1) is 12.4 Å². The maximum Gasteiger partial charge on any atom is 0.0475 e. The number of fused-ring (bicyclic) bond motifs is 2. The summed E-state index contributed by atoms with van der Waals surface area (Å²) in [6, 6.07) is 28.7. The summed E-state index contributed by atoms with van der Waals surface area (Å²) in [7, 11) is 3.59.